The molecule has 160 valence electrons. The largest absolute Gasteiger partial charge is 0.493 e. The Morgan fingerprint density at radius 1 is 1.20 bits per heavy atom. The lowest BCUT2D eigenvalue weighted by molar-refractivity contribution is -0.111. The molecule has 1 N–H and O–H groups in total. The number of ether oxygens (including phenoxy) is 3. The molecule has 0 atom stereocenters. The Labute approximate surface area is 188 Å². The van der Waals surface area contributed by atoms with Gasteiger partial charge in [0.05, 0.1) is 30.9 Å². The summed E-state index contributed by atoms with van der Waals surface area (Å²) in [6.07, 6.45) is 7.01. The Balaban J connectivity index is 1.82. The number of anilines is 1. The monoisotopic (exact) mass is 493 g/mol. The third-order valence-electron chi connectivity index (χ3n) is 4.77. The Morgan fingerprint density at radius 3 is 2.67 bits per heavy atom. The number of aryl methyl sites for hydroxylation is 1. The van der Waals surface area contributed by atoms with E-state index in [0.29, 0.717) is 28.7 Å². The highest BCUT2D eigenvalue weighted by Crippen LogP contribution is 2.39. The molecule has 0 spiro atoms. The second kappa shape index (κ2) is 10.1. The zero-order chi connectivity index (χ0) is 21.7. The molecule has 0 radical (unpaired) electrons. The van der Waals surface area contributed by atoms with Gasteiger partial charge in [-0.25, -0.2) is 4.79 Å². The van der Waals surface area contributed by atoms with Gasteiger partial charge >= 0.3 is 5.97 Å². The molecule has 0 bridgehead atoms. The number of esters is 1. The van der Waals surface area contributed by atoms with E-state index in [-0.39, 0.29) is 11.9 Å². The molecule has 0 fully saturated rings. The molecule has 1 amide bonds. The fraction of sp³-hybridized carbons (Fsp3) is 0.364. The highest BCUT2D eigenvalue weighted by Gasteiger charge is 2.26. The molecule has 6 nitrogen and oxygen atoms in total. The van der Waals surface area contributed by atoms with Gasteiger partial charge in [-0.2, -0.15) is 0 Å². The minimum atomic E-state index is -0.375. The van der Waals surface area contributed by atoms with Crippen LogP contribution in [-0.2, 0) is 22.4 Å². The predicted octanol–water partition coefficient (Wildman–Crippen LogP) is 5.24. The third-order valence-corrected chi connectivity index (χ3v) is 6.57. The SMILES string of the molecule is CCOC(=O)c1c(NC(=O)/C=C/c2cc(Br)c(OC)c(OC)c2)sc2c1CCCC2. The number of hydrogen-bond acceptors (Lipinski definition) is 6. The van der Waals surface area contributed by atoms with Crippen LogP contribution < -0.4 is 14.8 Å². The molecule has 0 saturated carbocycles. The molecule has 8 heteroatoms. The number of carbonyl (C=O) groups excluding carboxylic acids is 2. The zero-order valence-corrected chi connectivity index (χ0v) is 19.6. The maximum Gasteiger partial charge on any atom is 0.341 e. The normalized spacial score (nSPS) is 13.1. The number of amides is 1. The molecule has 0 saturated heterocycles. The van der Waals surface area contributed by atoms with Gasteiger partial charge in [-0.1, -0.05) is 0 Å². The van der Waals surface area contributed by atoms with Crippen LogP contribution in [0, 0.1) is 0 Å². The van der Waals surface area contributed by atoms with E-state index in [1.165, 1.54) is 17.4 Å². The number of rotatable bonds is 7. The van der Waals surface area contributed by atoms with Crippen LogP contribution in [0.15, 0.2) is 22.7 Å². The van der Waals surface area contributed by atoms with Gasteiger partial charge in [0, 0.05) is 11.0 Å². The maximum atomic E-state index is 12.6. The molecule has 0 unspecified atom stereocenters. The molecule has 3 rings (SSSR count). The molecule has 1 aliphatic rings. The summed E-state index contributed by atoms with van der Waals surface area (Å²) in [6.45, 7) is 2.07. The van der Waals surface area contributed by atoms with Crippen molar-refractivity contribution in [3.63, 3.8) is 0 Å². The Kier molecular flexibility index (Phi) is 7.55. The highest BCUT2D eigenvalue weighted by molar-refractivity contribution is 9.10. The summed E-state index contributed by atoms with van der Waals surface area (Å²) in [5.41, 5.74) is 2.30. The summed E-state index contributed by atoms with van der Waals surface area (Å²) in [5.74, 6) is 0.454. The number of carbonyl (C=O) groups is 2. The summed E-state index contributed by atoms with van der Waals surface area (Å²) < 4.78 is 16.6. The second-order valence-corrected chi connectivity index (χ2v) is 8.66. The summed E-state index contributed by atoms with van der Waals surface area (Å²) in [7, 11) is 3.12. The van der Waals surface area contributed by atoms with Crippen LogP contribution in [0.3, 0.4) is 0 Å². The Bertz CT molecular complexity index is 982. The summed E-state index contributed by atoms with van der Waals surface area (Å²) in [6, 6.07) is 3.61. The van der Waals surface area contributed by atoms with Gasteiger partial charge in [0.2, 0.25) is 5.91 Å². The fourth-order valence-electron chi connectivity index (χ4n) is 3.43. The van der Waals surface area contributed by atoms with Crippen LogP contribution in [0.1, 0.15) is 46.1 Å². The van der Waals surface area contributed by atoms with Gasteiger partial charge < -0.3 is 19.5 Å². The van der Waals surface area contributed by atoms with E-state index in [1.54, 1.807) is 33.3 Å². The van der Waals surface area contributed by atoms with Crippen molar-refractivity contribution >= 4 is 50.2 Å². The summed E-state index contributed by atoms with van der Waals surface area (Å²) >= 11 is 4.91. The smallest absolute Gasteiger partial charge is 0.341 e. The number of methoxy groups -OCH3 is 2. The van der Waals surface area contributed by atoms with Crippen molar-refractivity contribution in [3.8, 4) is 11.5 Å². The van der Waals surface area contributed by atoms with E-state index in [0.717, 1.165) is 46.2 Å². The van der Waals surface area contributed by atoms with Crippen LogP contribution in [0.2, 0.25) is 0 Å². The lowest BCUT2D eigenvalue weighted by atomic mass is 9.95. The van der Waals surface area contributed by atoms with Crippen LogP contribution >= 0.6 is 27.3 Å². The Hall–Kier alpha value is -2.32. The minimum Gasteiger partial charge on any atom is -0.493 e. The van der Waals surface area contributed by atoms with Crippen LogP contribution in [0.4, 0.5) is 5.00 Å². The van der Waals surface area contributed by atoms with E-state index >= 15 is 0 Å². The van der Waals surface area contributed by atoms with Crippen molar-refractivity contribution in [3.05, 3.63) is 44.2 Å². The molecule has 2 aromatic rings. The van der Waals surface area contributed by atoms with Crippen molar-refractivity contribution in [1.82, 2.24) is 0 Å². The van der Waals surface area contributed by atoms with Gasteiger partial charge in [0.25, 0.3) is 0 Å². The van der Waals surface area contributed by atoms with E-state index in [4.69, 9.17) is 14.2 Å². The van der Waals surface area contributed by atoms with Crippen LogP contribution in [0.25, 0.3) is 6.08 Å². The van der Waals surface area contributed by atoms with Crippen molar-refractivity contribution in [2.45, 2.75) is 32.6 Å². The first-order chi connectivity index (χ1) is 14.5. The third kappa shape index (κ3) is 4.87. The van der Waals surface area contributed by atoms with Gasteiger partial charge in [0.15, 0.2) is 11.5 Å². The van der Waals surface area contributed by atoms with E-state index in [9.17, 15) is 9.59 Å². The molecule has 1 aromatic carbocycles. The molecule has 1 aliphatic carbocycles. The molecule has 30 heavy (non-hydrogen) atoms. The van der Waals surface area contributed by atoms with E-state index in [2.05, 4.69) is 21.2 Å². The minimum absolute atomic E-state index is 0.297. The number of benzene rings is 1. The first kappa shape index (κ1) is 22.4. The van der Waals surface area contributed by atoms with Crippen molar-refractivity contribution in [2.75, 3.05) is 26.1 Å². The first-order valence-electron chi connectivity index (χ1n) is 9.70. The summed E-state index contributed by atoms with van der Waals surface area (Å²) in [4.78, 5) is 26.3. The van der Waals surface area contributed by atoms with Crippen LogP contribution in [0.5, 0.6) is 11.5 Å². The fourth-order valence-corrected chi connectivity index (χ4v) is 5.33. The van der Waals surface area contributed by atoms with Crippen molar-refractivity contribution < 1.29 is 23.8 Å². The average Bonchev–Trinajstić information content (AvgIpc) is 3.09. The molecular weight excluding hydrogens is 470 g/mol. The predicted molar refractivity (Wildman–Crippen MR) is 122 cm³/mol. The quantitative estimate of drug-likeness (QED) is 0.421. The second-order valence-electron chi connectivity index (χ2n) is 6.70. The number of halogens is 1. The zero-order valence-electron chi connectivity index (χ0n) is 17.2. The first-order valence-corrected chi connectivity index (χ1v) is 11.3. The number of nitrogens with one attached hydrogen (secondary N) is 1. The van der Waals surface area contributed by atoms with Crippen LogP contribution in [-0.4, -0.2) is 32.7 Å². The van der Waals surface area contributed by atoms with E-state index < -0.39 is 0 Å². The molecule has 1 heterocycles. The van der Waals surface area contributed by atoms with Gasteiger partial charge in [0.1, 0.15) is 5.00 Å². The molecule has 0 aliphatic heterocycles. The Morgan fingerprint density at radius 2 is 1.97 bits per heavy atom. The molecular formula is C22H24BrNO5S. The van der Waals surface area contributed by atoms with Crippen molar-refractivity contribution in [1.29, 1.82) is 0 Å². The van der Waals surface area contributed by atoms with Gasteiger partial charge in [-0.15, -0.1) is 11.3 Å². The van der Waals surface area contributed by atoms with E-state index in [1.807, 2.05) is 6.07 Å². The topological polar surface area (TPSA) is 73.9 Å². The number of hydrogen-bond donors (Lipinski definition) is 1. The summed E-state index contributed by atoms with van der Waals surface area (Å²) in [5, 5.41) is 3.43. The van der Waals surface area contributed by atoms with Gasteiger partial charge in [-0.05, 0) is 77.9 Å². The lowest BCUT2D eigenvalue weighted by Gasteiger charge is -2.12. The standard InChI is InChI=1S/C22H24BrNO5S/c1-4-29-22(26)19-14-7-5-6-8-17(14)30-21(19)24-18(25)10-9-13-11-15(23)20(28-3)16(12-13)27-2/h9-12H,4-8H2,1-3H3,(H,24,25)/b10-9+. The lowest BCUT2D eigenvalue weighted by Crippen LogP contribution is -2.14. The number of thiophene rings is 1. The van der Waals surface area contributed by atoms with Gasteiger partial charge in [-0.3, -0.25) is 4.79 Å². The number of fused-ring (bicyclic) bond motifs is 1. The average molecular weight is 494 g/mol. The highest BCUT2D eigenvalue weighted by atomic mass is 79.9. The molecule has 1 aromatic heterocycles. The van der Waals surface area contributed by atoms with Crippen molar-refractivity contribution in [2.24, 2.45) is 0 Å². The maximum absolute atomic E-state index is 12.6.